The summed E-state index contributed by atoms with van der Waals surface area (Å²) in [6.45, 7) is 3.86. The number of benzene rings is 1. The van der Waals surface area contributed by atoms with Crippen molar-refractivity contribution in [3.63, 3.8) is 0 Å². The second-order valence-electron chi connectivity index (χ2n) is 5.73. The molecule has 3 aliphatic rings. The standard InChI is InChI=1S/C17H18N6/c1-10-3-4-12(18)8-13(10)14-7-11-9-21-17(19-2)22-15(11)23-6-5-20-16(14)23/h3-4,7-9,20H,5-6,18H2,1-2H3. The average molecular weight is 306 g/mol. The van der Waals surface area contributed by atoms with E-state index in [1.807, 2.05) is 18.3 Å². The Hall–Kier alpha value is -2.89. The minimum absolute atomic E-state index is 0.506. The molecule has 0 radical (unpaired) electrons. The number of hydrogen-bond acceptors (Lipinski definition) is 5. The van der Waals surface area contributed by atoms with Crippen LogP contribution in [0.4, 0.5) is 11.5 Å². The molecule has 0 fully saturated rings. The van der Waals surface area contributed by atoms with Crippen molar-refractivity contribution in [1.82, 2.24) is 14.5 Å². The summed E-state index contributed by atoms with van der Waals surface area (Å²) in [4.78, 5) is 12.9. The third-order valence-corrected chi connectivity index (χ3v) is 4.24. The molecule has 0 saturated carbocycles. The summed E-state index contributed by atoms with van der Waals surface area (Å²) >= 11 is 0. The molecule has 116 valence electrons. The van der Waals surface area contributed by atoms with Crippen LogP contribution in [0.3, 0.4) is 0 Å². The van der Waals surface area contributed by atoms with Crippen LogP contribution in [-0.2, 0) is 6.54 Å². The Balaban J connectivity index is 2.06. The Labute approximate surface area is 134 Å². The predicted octanol–water partition coefficient (Wildman–Crippen LogP) is 1.90. The second-order valence-corrected chi connectivity index (χ2v) is 5.73. The Morgan fingerprint density at radius 1 is 1.26 bits per heavy atom. The SMILES string of the molecule is CN=c1ncc2cc(-c3cc(N)ccc3C)c3n(c-2n1)CCN3. The highest BCUT2D eigenvalue weighted by molar-refractivity contribution is 5.84. The van der Waals surface area contributed by atoms with Crippen LogP contribution < -0.4 is 16.7 Å². The molecule has 1 aromatic rings. The van der Waals surface area contributed by atoms with E-state index in [1.165, 1.54) is 5.56 Å². The first-order valence-electron chi connectivity index (χ1n) is 7.61. The molecule has 6 heteroatoms. The van der Waals surface area contributed by atoms with Crippen molar-refractivity contribution in [3.8, 4) is 22.5 Å². The lowest BCUT2D eigenvalue weighted by Crippen LogP contribution is -2.17. The molecule has 0 atom stereocenters. The first-order chi connectivity index (χ1) is 11.2. The number of fused-ring (bicyclic) bond motifs is 3. The van der Waals surface area contributed by atoms with Gasteiger partial charge in [0.2, 0.25) is 5.62 Å². The van der Waals surface area contributed by atoms with Gasteiger partial charge in [0.15, 0.2) is 0 Å². The van der Waals surface area contributed by atoms with Crippen molar-refractivity contribution < 1.29 is 0 Å². The normalized spacial score (nSPS) is 14.1. The molecule has 23 heavy (non-hydrogen) atoms. The number of hydrogen-bond donors (Lipinski definition) is 2. The van der Waals surface area contributed by atoms with Crippen LogP contribution in [0.15, 0.2) is 35.5 Å². The minimum Gasteiger partial charge on any atom is -0.399 e. The Kier molecular flexibility index (Phi) is 3.04. The number of nitrogens with one attached hydrogen (secondary N) is 1. The fourth-order valence-corrected chi connectivity index (χ4v) is 3.10. The number of nitrogen functional groups attached to an aromatic ring is 1. The van der Waals surface area contributed by atoms with Crippen molar-refractivity contribution in [1.29, 1.82) is 0 Å². The summed E-state index contributed by atoms with van der Waals surface area (Å²) in [6, 6.07) is 8.13. The summed E-state index contributed by atoms with van der Waals surface area (Å²) in [6.07, 6.45) is 1.83. The molecule has 3 N–H and O–H groups in total. The smallest absolute Gasteiger partial charge is 0.246 e. The van der Waals surface area contributed by atoms with E-state index < -0.39 is 0 Å². The number of pyridine rings is 1. The van der Waals surface area contributed by atoms with Gasteiger partial charge in [-0.2, -0.15) is 4.98 Å². The largest absolute Gasteiger partial charge is 0.399 e. The third-order valence-electron chi connectivity index (χ3n) is 4.24. The maximum absolute atomic E-state index is 6.00. The zero-order chi connectivity index (χ0) is 16.0. The van der Waals surface area contributed by atoms with E-state index in [4.69, 9.17) is 5.73 Å². The molecule has 0 unspecified atom stereocenters. The fourth-order valence-electron chi connectivity index (χ4n) is 3.10. The highest BCUT2D eigenvalue weighted by Gasteiger charge is 2.22. The monoisotopic (exact) mass is 306 g/mol. The quantitative estimate of drug-likeness (QED) is 0.673. The van der Waals surface area contributed by atoms with Gasteiger partial charge in [-0.1, -0.05) is 6.07 Å². The highest BCUT2D eigenvalue weighted by atomic mass is 15.2. The number of anilines is 2. The first kappa shape index (κ1) is 13.8. The number of aromatic nitrogens is 3. The molecule has 1 aromatic carbocycles. The zero-order valence-corrected chi connectivity index (χ0v) is 13.2. The molecule has 6 nitrogen and oxygen atoms in total. The van der Waals surface area contributed by atoms with Crippen LogP contribution in [0, 0.1) is 6.92 Å². The molecule has 4 rings (SSSR count). The van der Waals surface area contributed by atoms with Gasteiger partial charge in [0.05, 0.1) is 0 Å². The van der Waals surface area contributed by atoms with Crippen molar-refractivity contribution in [3.05, 3.63) is 41.6 Å². The number of nitrogens with two attached hydrogens (primary N) is 1. The van der Waals surface area contributed by atoms with E-state index in [9.17, 15) is 0 Å². The Morgan fingerprint density at radius 2 is 2.13 bits per heavy atom. The molecule has 0 amide bonds. The maximum Gasteiger partial charge on any atom is 0.246 e. The molecule has 3 heterocycles. The Bertz CT molecular complexity index is 940. The van der Waals surface area contributed by atoms with Gasteiger partial charge in [0.1, 0.15) is 11.6 Å². The van der Waals surface area contributed by atoms with Gasteiger partial charge in [-0.05, 0) is 36.2 Å². The predicted molar refractivity (Wildman–Crippen MR) is 91.2 cm³/mol. The van der Waals surface area contributed by atoms with E-state index >= 15 is 0 Å². The van der Waals surface area contributed by atoms with Crippen molar-refractivity contribution in [2.24, 2.45) is 4.99 Å². The molecule has 0 aromatic heterocycles. The van der Waals surface area contributed by atoms with Crippen LogP contribution >= 0.6 is 0 Å². The molecular formula is C17H18N6. The minimum atomic E-state index is 0.506. The van der Waals surface area contributed by atoms with E-state index in [0.717, 1.165) is 47.1 Å². The van der Waals surface area contributed by atoms with Gasteiger partial charge in [-0.15, -0.1) is 0 Å². The molecule has 0 aliphatic carbocycles. The summed E-state index contributed by atoms with van der Waals surface area (Å²) in [5, 5.41) is 3.47. The van der Waals surface area contributed by atoms with Crippen LogP contribution in [0.25, 0.3) is 22.5 Å². The lowest BCUT2D eigenvalue weighted by molar-refractivity contribution is 0.779. The fraction of sp³-hybridized carbons (Fsp3) is 0.235. The lowest BCUT2D eigenvalue weighted by atomic mass is 9.98. The van der Waals surface area contributed by atoms with Crippen LogP contribution in [-0.4, -0.2) is 28.1 Å². The number of rotatable bonds is 1. The first-order valence-corrected chi connectivity index (χ1v) is 7.61. The summed E-state index contributed by atoms with van der Waals surface area (Å²) in [5.41, 5.74) is 11.7. The number of nitrogens with zero attached hydrogens (tertiary/aromatic N) is 4. The third kappa shape index (κ3) is 2.14. The van der Waals surface area contributed by atoms with E-state index in [-0.39, 0.29) is 0 Å². The van der Waals surface area contributed by atoms with Crippen LogP contribution in [0.5, 0.6) is 0 Å². The summed E-state index contributed by atoms with van der Waals surface area (Å²) in [7, 11) is 1.70. The van der Waals surface area contributed by atoms with Gasteiger partial charge in [0.25, 0.3) is 0 Å². The van der Waals surface area contributed by atoms with Gasteiger partial charge < -0.3 is 15.6 Å². The summed E-state index contributed by atoms with van der Waals surface area (Å²) < 4.78 is 2.20. The molecule has 0 saturated heterocycles. The topological polar surface area (TPSA) is 81.1 Å². The van der Waals surface area contributed by atoms with E-state index in [0.29, 0.717) is 5.62 Å². The van der Waals surface area contributed by atoms with Gasteiger partial charge in [-0.25, -0.2) is 4.98 Å². The molecule has 0 spiro atoms. The van der Waals surface area contributed by atoms with Gasteiger partial charge in [-0.3, -0.25) is 4.99 Å². The molecular weight excluding hydrogens is 288 g/mol. The van der Waals surface area contributed by atoms with Crippen LogP contribution in [0.2, 0.25) is 0 Å². The summed E-state index contributed by atoms with van der Waals surface area (Å²) in [5.74, 6) is 1.98. The lowest BCUT2D eigenvalue weighted by Gasteiger charge is -2.18. The van der Waals surface area contributed by atoms with Gasteiger partial charge >= 0.3 is 0 Å². The van der Waals surface area contributed by atoms with Crippen molar-refractivity contribution in [2.75, 3.05) is 24.6 Å². The average Bonchev–Trinajstić information content (AvgIpc) is 3.06. The zero-order valence-electron chi connectivity index (χ0n) is 13.2. The van der Waals surface area contributed by atoms with Crippen molar-refractivity contribution in [2.45, 2.75) is 13.5 Å². The molecule has 3 aliphatic heterocycles. The maximum atomic E-state index is 6.00. The van der Waals surface area contributed by atoms with Crippen molar-refractivity contribution >= 4 is 11.5 Å². The number of aryl methyl sites for hydroxylation is 1. The van der Waals surface area contributed by atoms with Gasteiger partial charge in [0, 0.05) is 43.1 Å². The highest BCUT2D eigenvalue weighted by Crippen LogP contribution is 2.38. The second kappa shape index (κ2) is 5.08. The van der Waals surface area contributed by atoms with E-state index in [2.05, 4.69) is 43.9 Å². The molecule has 0 bridgehead atoms. The Morgan fingerprint density at radius 3 is 2.96 bits per heavy atom. The van der Waals surface area contributed by atoms with E-state index in [1.54, 1.807) is 7.05 Å². The van der Waals surface area contributed by atoms with Crippen LogP contribution in [0.1, 0.15) is 5.56 Å².